The third-order valence-electron chi connectivity index (χ3n) is 4.64. The fourth-order valence-electron chi connectivity index (χ4n) is 3.34. The van der Waals surface area contributed by atoms with E-state index in [4.69, 9.17) is 4.74 Å². The fourth-order valence-corrected chi connectivity index (χ4v) is 3.34. The summed E-state index contributed by atoms with van der Waals surface area (Å²) < 4.78 is 5.37. The van der Waals surface area contributed by atoms with Gasteiger partial charge in [0.05, 0.1) is 13.2 Å². The van der Waals surface area contributed by atoms with E-state index < -0.39 is 0 Å². The van der Waals surface area contributed by atoms with Gasteiger partial charge in [0.1, 0.15) is 0 Å². The van der Waals surface area contributed by atoms with Gasteiger partial charge in [0, 0.05) is 37.4 Å². The topological polar surface area (TPSA) is 44.8 Å². The van der Waals surface area contributed by atoms with Crippen LogP contribution in [0, 0.1) is 0 Å². The van der Waals surface area contributed by atoms with Crippen LogP contribution < -0.4 is 10.2 Å². The number of rotatable bonds is 3. The van der Waals surface area contributed by atoms with E-state index in [1.807, 2.05) is 23.1 Å². The molecule has 1 saturated heterocycles. The Balaban J connectivity index is 1.58. The number of ether oxygens (including phenoxy) is 1. The molecule has 2 atom stereocenters. The normalized spacial score (nSPS) is 23.2. The smallest absolute Gasteiger partial charge is 0.322 e. The number of carbonyl (C=O) groups is 1. The summed E-state index contributed by atoms with van der Waals surface area (Å²) in [7, 11) is 0. The molecule has 0 aliphatic carbocycles. The molecular formula is C17H25N3O2. The Labute approximate surface area is 132 Å². The van der Waals surface area contributed by atoms with Crippen molar-refractivity contribution in [2.45, 2.75) is 32.4 Å². The van der Waals surface area contributed by atoms with Crippen molar-refractivity contribution >= 4 is 11.7 Å². The molecule has 5 nitrogen and oxygen atoms in total. The van der Waals surface area contributed by atoms with Crippen molar-refractivity contribution in [3.8, 4) is 0 Å². The molecule has 1 N–H and O–H groups in total. The van der Waals surface area contributed by atoms with Crippen molar-refractivity contribution < 1.29 is 9.53 Å². The Morgan fingerprint density at radius 3 is 2.86 bits per heavy atom. The standard InChI is InChI=1S/C17H25N3O2/c1-13-11-15-5-3-4-6-16(15)20(13)17(21)18-12-14(2)19-7-9-22-10-8-19/h3-6,13-14H,7-12H2,1-2H3,(H,18,21). The summed E-state index contributed by atoms with van der Waals surface area (Å²) in [5.74, 6) is 0. The third-order valence-corrected chi connectivity index (χ3v) is 4.64. The second-order valence-electron chi connectivity index (χ2n) is 6.24. The molecular weight excluding hydrogens is 278 g/mol. The molecule has 0 spiro atoms. The van der Waals surface area contributed by atoms with Gasteiger partial charge in [-0.05, 0) is 31.9 Å². The first-order chi connectivity index (χ1) is 10.7. The molecule has 0 radical (unpaired) electrons. The van der Waals surface area contributed by atoms with Crippen molar-refractivity contribution in [2.75, 3.05) is 37.7 Å². The van der Waals surface area contributed by atoms with Gasteiger partial charge in [-0.2, -0.15) is 0 Å². The number of carbonyl (C=O) groups excluding carboxylic acids is 1. The van der Waals surface area contributed by atoms with Gasteiger partial charge < -0.3 is 10.1 Å². The Kier molecular flexibility index (Phi) is 4.64. The van der Waals surface area contributed by atoms with Crippen molar-refractivity contribution in [2.24, 2.45) is 0 Å². The lowest BCUT2D eigenvalue weighted by Gasteiger charge is -2.33. The van der Waals surface area contributed by atoms with E-state index in [2.05, 4.69) is 30.1 Å². The monoisotopic (exact) mass is 303 g/mol. The molecule has 5 heteroatoms. The molecule has 22 heavy (non-hydrogen) atoms. The lowest BCUT2D eigenvalue weighted by Crippen LogP contribution is -2.50. The zero-order valence-electron chi connectivity index (χ0n) is 13.4. The van der Waals surface area contributed by atoms with Crippen LogP contribution in [0.4, 0.5) is 10.5 Å². The van der Waals surface area contributed by atoms with Crippen molar-refractivity contribution in [1.82, 2.24) is 10.2 Å². The van der Waals surface area contributed by atoms with Gasteiger partial charge in [0.15, 0.2) is 0 Å². The number of benzene rings is 1. The Morgan fingerprint density at radius 1 is 1.36 bits per heavy atom. The zero-order valence-corrected chi connectivity index (χ0v) is 13.4. The summed E-state index contributed by atoms with van der Waals surface area (Å²) in [5, 5.41) is 3.10. The van der Waals surface area contributed by atoms with Gasteiger partial charge in [-0.3, -0.25) is 9.80 Å². The zero-order chi connectivity index (χ0) is 15.5. The molecule has 2 aliphatic heterocycles. The van der Waals surface area contributed by atoms with Crippen molar-refractivity contribution in [1.29, 1.82) is 0 Å². The average Bonchev–Trinajstić information content (AvgIpc) is 2.89. The molecule has 0 saturated carbocycles. The summed E-state index contributed by atoms with van der Waals surface area (Å²) in [6, 6.07) is 8.73. The molecule has 0 bridgehead atoms. The van der Waals surface area contributed by atoms with Crippen LogP contribution in [0.15, 0.2) is 24.3 Å². The van der Waals surface area contributed by atoms with Crippen LogP contribution >= 0.6 is 0 Å². The van der Waals surface area contributed by atoms with Crippen LogP contribution in [0.1, 0.15) is 19.4 Å². The third kappa shape index (κ3) is 3.10. The molecule has 120 valence electrons. The lowest BCUT2D eigenvalue weighted by atomic mass is 10.1. The number of nitrogens with one attached hydrogen (secondary N) is 1. The van der Waals surface area contributed by atoms with E-state index in [9.17, 15) is 4.79 Å². The van der Waals surface area contributed by atoms with Crippen molar-refractivity contribution in [3.05, 3.63) is 29.8 Å². The van der Waals surface area contributed by atoms with E-state index in [-0.39, 0.29) is 12.1 Å². The van der Waals surface area contributed by atoms with Crippen molar-refractivity contribution in [3.63, 3.8) is 0 Å². The van der Waals surface area contributed by atoms with Crippen LogP contribution in [0.5, 0.6) is 0 Å². The highest BCUT2D eigenvalue weighted by Crippen LogP contribution is 2.31. The molecule has 2 amide bonds. The number of para-hydroxylation sites is 1. The number of urea groups is 1. The van der Waals surface area contributed by atoms with E-state index in [1.54, 1.807) is 0 Å². The molecule has 3 rings (SSSR count). The van der Waals surface area contributed by atoms with Crippen LogP contribution in [-0.4, -0.2) is 55.9 Å². The SMILES string of the molecule is CC(CNC(=O)N1c2ccccc2CC1C)N1CCOCC1. The van der Waals surface area contributed by atoms with E-state index in [0.717, 1.165) is 38.4 Å². The predicted molar refractivity (Wildman–Crippen MR) is 87.3 cm³/mol. The van der Waals surface area contributed by atoms with Gasteiger partial charge >= 0.3 is 6.03 Å². The van der Waals surface area contributed by atoms with Gasteiger partial charge in [-0.15, -0.1) is 0 Å². The highest BCUT2D eigenvalue weighted by Gasteiger charge is 2.30. The maximum atomic E-state index is 12.6. The van der Waals surface area contributed by atoms with Crippen LogP contribution in [0.25, 0.3) is 0 Å². The van der Waals surface area contributed by atoms with Gasteiger partial charge in [0.25, 0.3) is 0 Å². The summed E-state index contributed by atoms with van der Waals surface area (Å²) in [5.41, 5.74) is 2.30. The molecule has 1 fully saturated rings. The minimum atomic E-state index is 0.0116. The Hall–Kier alpha value is -1.59. The first-order valence-corrected chi connectivity index (χ1v) is 8.13. The van der Waals surface area contributed by atoms with Gasteiger partial charge in [0.2, 0.25) is 0 Å². The molecule has 1 aromatic carbocycles. The number of anilines is 1. The summed E-state index contributed by atoms with van der Waals surface area (Å²) in [6.07, 6.45) is 0.933. The molecule has 2 aliphatic rings. The van der Waals surface area contributed by atoms with Crippen LogP contribution in [0.3, 0.4) is 0 Å². The molecule has 2 unspecified atom stereocenters. The maximum Gasteiger partial charge on any atom is 0.322 e. The average molecular weight is 303 g/mol. The fraction of sp³-hybridized carbons (Fsp3) is 0.588. The Morgan fingerprint density at radius 2 is 2.09 bits per heavy atom. The summed E-state index contributed by atoms with van der Waals surface area (Å²) in [4.78, 5) is 16.8. The van der Waals surface area contributed by atoms with Crippen LogP contribution in [0.2, 0.25) is 0 Å². The van der Waals surface area contributed by atoms with Gasteiger partial charge in [-0.25, -0.2) is 4.79 Å². The quantitative estimate of drug-likeness (QED) is 0.927. The summed E-state index contributed by atoms with van der Waals surface area (Å²) >= 11 is 0. The second-order valence-corrected chi connectivity index (χ2v) is 6.24. The highest BCUT2D eigenvalue weighted by atomic mass is 16.5. The van der Waals surface area contributed by atoms with E-state index >= 15 is 0 Å². The minimum Gasteiger partial charge on any atom is -0.379 e. The molecule has 0 aromatic heterocycles. The van der Waals surface area contributed by atoms with E-state index in [1.165, 1.54) is 5.56 Å². The number of hydrogen-bond acceptors (Lipinski definition) is 3. The van der Waals surface area contributed by atoms with Crippen LogP contribution in [-0.2, 0) is 11.2 Å². The Bertz CT molecular complexity index is 528. The first kappa shape index (κ1) is 15.3. The predicted octanol–water partition coefficient (Wildman–Crippen LogP) is 1.87. The minimum absolute atomic E-state index is 0.0116. The van der Waals surface area contributed by atoms with Gasteiger partial charge in [-0.1, -0.05) is 18.2 Å². The number of nitrogens with zero attached hydrogens (tertiary/aromatic N) is 2. The number of morpholine rings is 1. The molecule has 2 heterocycles. The second kappa shape index (κ2) is 6.67. The number of amides is 2. The summed E-state index contributed by atoms with van der Waals surface area (Å²) in [6.45, 7) is 8.39. The largest absolute Gasteiger partial charge is 0.379 e. The highest BCUT2D eigenvalue weighted by molar-refractivity contribution is 5.94. The number of hydrogen-bond donors (Lipinski definition) is 1. The maximum absolute atomic E-state index is 12.6. The first-order valence-electron chi connectivity index (χ1n) is 8.13. The lowest BCUT2D eigenvalue weighted by molar-refractivity contribution is 0.0209. The molecule has 1 aromatic rings. The number of fused-ring (bicyclic) bond motifs is 1. The van der Waals surface area contributed by atoms with E-state index in [0.29, 0.717) is 12.6 Å².